The molecule has 4 aliphatic carbocycles. The van der Waals surface area contributed by atoms with E-state index in [4.69, 9.17) is 37.9 Å². The molecule has 0 aromatic rings. The Morgan fingerprint density at radius 1 is 0.646 bits per heavy atom. The monoisotopic (exact) mass is 935 g/mol. The number of rotatable bonds is 13. The van der Waals surface area contributed by atoms with Gasteiger partial charge in [-0.25, -0.2) is 0 Å². The Balaban J connectivity index is 0.965. The van der Waals surface area contributed by atoms with Crippen molar-refractivity contribution < 1.29 is 94.1 Å². The lowest BCUT2D eigenvalue weighted by Crippen LogP contribution is -2.65. The molecule has 0 spiro atoms. The fraction of sp³-hybridized carbons (Fsp3) is 1.00. The molecule has 19 heteroatoms. The fourth-order valence-corrected chi connectivity index (χ4v) is 14.5. The molecule has 11 N–H and O–H groups in total. The van der Waals surface area contributed by atoms with Crippen molar-refractivity contribution in [3.8, 4) is 0 Å². The van der Waals surface area contributed by atoms with Crippen LogP contribution in [0.2, 0.25) is 0 Å². The van der Waals surface area contributed by atoms with E-state index in [1.54, 1.807) is 7.11 Å². The molecule has 8 aliphatic rings. The minimum Gasteiger partial charge on any atom is -0.394 e. The molecular weight excluding hydrogens is 856 g/mol. The van der Waals surface area contributed by atoms with Crippen LogP contribution in [-0.4, -0.2) is 199 Å². The first-order chi connectivity index (χ1) is 30.7. The summed E-state index contributed by atoms with van der Waals surface area (Å²) in [6.07, 6.45) is -15.5. The second-order valence-corrected chi connectivity index (χ2v) is 21.8. The summed E-state index contributed by atoms with van der Waals surface area (Å²) in [5, 5.41) is 116. The van der Waals surface area contributed by atoms with Crippen molar-refractivity contribution in [1.29, 1.82) is 0 Å². The van der Waals surface area contributed by atoms with E-state index in [0.717, 1.165) is 25.7 Å². The molecule has 4 saturated carbocycles. The molecule has 0 aromatic carbocycles. The van der Waals surface area contributed by atoms with E-state index in [9.17, 15) is 56.2 Å². The number of fused-ring (bicyclic) bond motifs is 7. The number of hydrogen-bond donors (Lipinski definition) is 11. The lowest BCUT2D eigenvalue weighted by Gasteiger charge is -2.63. The Hall–Kier alpha value is -0.760. The van der Waals surface area contributed by atoms with Crippen LogP contribution in [-0.2, 0) is 37.9 Å². The summed E-state index contributed by atoms with van der Waals surface area (Å²) in [5.41, 5.74) is -0.311. The van der Waals surface area contributed by atoms with Crippen LogP contribution in [0.5, 0.6) is 0 Å². The average molecular weight is 935 g/mol. The summed E-state index contributed by atoms with van der Waals surface area (Å²) in [6, 6.07) is 0. The minimum absolute atomic E-state index is 0.0199. The Kier molecular flexibility index (Phi) is 15.1. The van der Waals surface area contributed by atoms with Gasteiger partial charge >= 0.3 is 0 Å². The maximum Gasteiger partial charge on any atom is 0.187 e. The molecule has 376 valence electrons. The van der Waals surface area contributed by atoms with E-state index in [1.165, 1.54) is 6.92 Å². The zero-order chi connectivity index (χ0) is 47.1. The topological polar surface area (TPSA) is 296 Å². The van der Waals surface area contributed by atoms with Gasteiger partial charge in [-0.15, -0.1) is 0 Å². The molecular formula is C46H78O19. The number of hydrogen-bond acceptors (Lipinski definition) is 19. The molecule has 0 amide bonds. The van der Waals surface area contributed by atoms with E-state index in [1.807, 2.05) is 6.92 Å². The maximum absolute atomic E-state index is 11.8. The third-order valence-corrected chi connectivity index (χ3v) is 18.3. The van der Waals surface area contributed by atoms with Crippen molar-refractivity contribution >= 4 is 0 Å². The van der Waals surface area contributed by atoms with Crippen molar-refractivity contribution in [2.24, 2.45) is 52.3 Å². The smallest absolute Gasteiger partial charge is 0.187 e. The summed E-state index contributed by atoms with van der Waals surface area (Å²) in [7, 11) is 1.70. The highest BCUT2D eigenvalue weighted by Gasteiger charge is 2.70. The van der Waals surface area contributed by atoms with Gasteiger partial charge in [0.1, 0.15) is 67.1 Å². The molecule has 4 aliphatic heterocycles. The molecule has 0 bridgehead atoms. The van der Waals surface area contributed by atoms with Crippen LogP contribution < -0.4 is 0 Å². The molecule has 0 unspecified atom stereocenters. The van der Waals surface area contributed by atoms with Gasteiger partial charge in [0.15, 0.2) is 24.7 Å². The zero-order valence-electron chi connectivity index (χ0n) is 38.6. The van der Waals surface area contributed by atoms with Crippen molar-refractivity contribution in [3.63, 3.8) is 0 Å². The van der Waals surface area contributed by atoms with Crippen LogP contribution in [0.25, 0.3) is 0 Å². The molecule has 19 nitrogen and oxygen atoms in total. The molecule has 0 radical (unpaired) electrons. The standard InChI is InChI=1S/C46H78O19/c1-19(18-59-41-37(55)36(54)33(51)29(16-47)62-41)7-12-46(58-6)20(2)31-28(65-46)15-25-23-14-27(26-13-22(49)8-10-44(26,4)24(23)9-11-45(25,31)5)61-43-39(57)40(34(52)30(17-48)63-43)64-42-38(56)35(53)32(50)21(3)60-42/h19-43,47-57H,7-18H2,1-6H3/t19-,20+,21+,22+,23-,24+,25-,26-,27+,28+,29-,30-,31+,32+,33-,34-,35-,36-,37-,38-,39-,40+,41-,42+,43-,44-,45+,46-/m1/s1. The summed E-state index contributed by atoms with van der Waals surface area (Å²) < 4.78 is 49.3. The Labute approximate surface area is 381 Å². The first-order valence-electron chi connectivity index (χ1n) is 24.2. The third kappa shape index (κ3) is 8.79. The Morgan fingerprint density at radius 2 is 1.28 bits per heavy atom. The SMILES string of the molecule is CO[C@]1(CC[C@@H](C)CO[C@@H]2O[C@H](CO)[C@@H](O)[C@@H](O)[C@H]2O)O[C@H]2C[C@@H]3[C@@H]4C[C@H](O[C@@H]5O[C@H](CO)[C@@H](O)[C@H](O[C@@H]6O[C@@H](C)[C@H](O)[C@@H](O)[C@H]6O)[C@H]5O)[C@H]5C[C@@H](O)CC[C@]5(C)[C@H]4CC[C@]3(C)[C@H]2[C@@H]1C. The van der Waals surface area contributed by atoms with Crippen molar-refractivity contribution in [1.82, 2.24) is 0 Å². The predicted octanol–water partition coefficient (Wildman–Crippen LogP) is -1.13. The van der Waals surface area contributed by atoms with E-state index in [2.05, 4.69) is 20.8 Å². The molecule has 4 heterocycles. The van der Waals surface area contributed by atoms with Gasteiger partial charge in [0.25, 0.3) is 0 Å². The molecule has 65 heavy (non-hydrogen) atoms. The molecule has 28 atom stereocenters. The predicted molar refractivity (Wildman–Crippen MR) is 224 cm³/mol. The average Bonchev–Trinajstić information content (AvgIpc) is 3.74. The van der Waals surface area contributed by atoms with E-state index < -0.39 is 123 Å². The quantitative estimate of drug-likeness (QED) is 0.0975. The van der Waals surface area contributed by atoms with E-state index in [0.29, 0.717) is 38.0 Å². The van der Waals surface area contributed by atoms with Crippen LogP contribution in [0.4, 0.5) is 0 Å². The summed E-state index contributed by atoms with van der Waals surface area (Å²) >= 11 is 0. The third-order valence-electron chi connectivity index (χ3n) is 18.3. The first kappa shape index (κ1) is 50.6. The highest BCUT2D eigenvalue weighted by Crippen LogP contribution is 2.71. The Bertz CT molecular complexity index is 1600. The zero-order valence-corrected chi connectivity index (χ0v) is 38.6. The van der Waals surface area contributed by atoms with Crippen molar-refractivity contribution in [2.75, 3.05) is 26.9 Å². The summed E-state index contributed by atoms with van der Waals surface area (Å²) in [4.78, 5) is 0. The highest BCUT2D eigenvalue weighted by molar-refractivity contribution is 5.16. The molecule has 8 rings (SSSR count). The number of ether oxygens (including phenoxy) is 8. The fourth-order valence-electron chi connectivity index (χ4n) is 14.5. The number of aliphatic hydroxyl groups excluding tert-OH is 11. The number of methoxy groups -OCH3 is 1. The first-order valence-corrected chi connectivity index (χ1v) is 24.2. The van der Waals surface area contributed by atoms with Crippen LogP contribution in [0, 0.1) is 52.3 Å². The molecule has 4 saturated heterocycles. The van der Waals surface area contributed by atoms with Crippen LogP contribution in [0.3, 0.4) is 0 Å². The highest BCUT2D eigenvalue weighted by atomic mass is 16.7. The van der Waals surface area contributed by atoms with Crippen molar-refractivity contribution in [3.05, 3.63) is 0 Å². The Morgan fingerprint density at radius 3 is 1.97 bits per heavy atom. The normalized spacial score (nSPS) is 56.1. The molecule has 8 fully saturated rings. The van der Waals surface area contributed by atoms with E-state index in [-0.39, 0.29) is 59.0 Å². The van der Waals surface area contributed by atoms with Crippen LogP contribution >= 0.6 is 0 Å². The van der Waals surface area contributed by atoms with Crippen LogP contribution in [0.15, 0.2) is 0 Å². The van der Waals surface area contributed by atoms with Crippen molar-refractivity contribution in [2.45, 2.75) is 209 Å². The minimum atomic E-state index is -1.70. The van der Waals surface area contributed by atoms with Gasteiger partial charge in [-0.1, -0.05) is 27.7 Å². The van der Waals surface area contributed by atoms with Gasteiger partial charge in [0.05, 0.1) is 44.2 Å². The van der Waals surface area contributed by atoms with Crippen LogP contribution in [0.1, 0.15) is 92.4 Å². The lowest BCUT2D eigenvalue weighted by molar-refractivity contribution is -0.366. The van der Waals surface area contributed by atoms with Gasteiger partial charge in [-0.3, -0.25) is 0 Å². The number of aliphatic hydroxyl groups is 11. The van der Waals surface area contributed by atoms with Gasteiger partial charge in [0, 0.05) is 19.4 Å². The largest absolute Gasteiger partial charge is 0.394 e. The van der Waals surface area contributed by atoms with Gasteiger partial charge < -0.3 is 94.1 Å². The van der Waals surface area contributed by atoms with E-state index >= 15 is 0 Å². The summed E-state index contributed by atoms with van der Waals surface area (Å²) in [6.45, 7) is 9.47. The molecule has 0 aromatic heterocycles. The van der Waals surface area contributed by atoms with Gasteiger partial charge in [-0.2, -0.15) is 0 Å². The lowest BCUT2D eigenvalue weighted by atomic mass is 9.43. The second kappa shape index (κ2) is 19.4. The second-order valence-electron chi connectivity index (χ2n) is 21.8. The maximum atomic E-state index is 11.8. The van der Waals surface area contributed by atoms with Gasteiger partial charge in [-0.05, 0) is 105 Å². The summed E-state index contributed by atoms with van der Waals surface area (Å²) in [5.74, 6) is 0.101. The van der Waals surface area contributed by atoms with Gasteiger partial charge in [0.2, 0.25) is 0 Å².